The van der Waals surface area contributed by atoms with Crippen LogP contribution in [0.2, 0.25) is 0 Å². The topological polar surface area (TPSA) is 35.5 Å². The molecular formula is C13H20O3. The van der Waals surface area contributed by atoms with E-state index >= 15 is 0 Å². The van der Waals surface area contributed by atoms with Crippen molar-refractivity contribution in [1.82, 2.24) is 0 Å². The minimum absolute atomic E-state index is 0.178. The van der Waals surface area contributed by atoms with E-state index in [9.17, 15) is 4.79 Å². The van der Waals surface area contributed by atoms with Crippen molar-refractivity contribution in [3.8, 4) is 0 Å². The Bertz CT molecular complexity index is 279. The SMILES string of the molecule is CCC1=CC(OC)CC=C1OCCCC=O. The molecule has 0 spiro atoms. The van der Waals surface area contributed by atoms with Gasteiger partial charge in [0.05, 0.1) is 12.7 Å². The number of carbonyl (C=O) groups excluding carboxylic acids is 1. The van der Waals surface area contributed by atoms with Gasteiger partial charge in [-0.05, 0) is 37.0 Å². The predicted molar refractivity (Wildman–Crippen MR) is 63.1 cm³/mol. The van der Waals surface area contributed by atoms with Crippen LogP contribution in [0.25, 0.3) is 0 Å². The Morgan fingerprint density at radius 3 is 3.00 bits per heavy atom. The van der Waals surface area contributed by atoms with Gasteiger partial charge in [0.25, 0.3) is 0 Å². The highest BCUT2D eigenvalue weighted by Gasteiger charge is 2.14. The first-order valence-corrected chi connectivity index (χ1v) is 5.82. The molecule has 3 heteroatoms. The van der Waals surface area contributed by atoms with Crippen molar-refractivity contribution in [2.75, 3.05) is 13.7 Å². The third-order valence-electron chi connectivity index (χ3n) is 2.65. The molecule has 0 aromatic carbocycles. The molecule has 1 aliphatic carbocycles. The van der Waals surface area contributed by atoms with Crippen LogP contribution in [0.4, 0.5) is 0 Å². The van der Waals surface area contributed by atoms with E-state index in [4.69, 9.17) is 9.47 Å². The van der Waals surface area contributed by atoms with Crippen molar-refractivity contribution in [3.63, 3.8) is 0 Å². The van der Waals surface area contributed by atoms with Gasteiger partial charge in [0.2, 0.25) is 0 Å². The fraction of sp³-hybridized carbons (Fsp3) is 0.615. The molecule has 0 saturated carbocycles. The predicted octanol–water partition coefficient (Wildman–Crippen LogP) is 2.62. The number of hydrogen-bond acceptors (Lipinski definition) is 3. The minimum atomic E-state index is 0.178. The zero-order valence-electron chi connectivity index (χ0n) is 10.1. The molecule has 0 heterocycles. The maximum Gasteiger partial charge on any atom is 0.120 e. The molecule has 0 bridgehead atoms. The summed E-state index contributed by atoms with van der Waals surface area (Å²) in [6, 6.07) is 0. The van der Waals surface area contributed by atoms with Gasteiger partial charge in [0.15, 0.2) is 0 Å². The van der Waals surface area contributed by atoms with Crippen LogP contribution >= 0.6 is 0 Å². The van der Waals surface area contributed by atoms with E-state index in [1.54, 1.807) is 7.11 Å². The standard InChI is InChI=1S/C13H20O3/c1-3-11-10-12(15-2)6-7-13(11)16-9-5-4-8-14/h7-8,10,12H,3-6,9H2,1-2H3. The van der Waals surface area contributed by atoms with Gasteiger partial charge in [-0.25, -0.2) is 0 Å². The fourth-order valence-corrected chi connectivity index (χ4v) is 1.69. The zero-order valence-corrected chi connectivity index (χ0v) is 10.1. The number of unbranched alkanes of at least 4 members (excludes halogenated alkanes) is 1. The number of aldehydes is 1. The molecule has 0 amide bonds. The molecule has 1 atom stereocenters. The zero-order chi connectivity index (χ0) is 11.8. The van der Waals surface area contributed by atoms with Gasteiger partial charge in [-0.1, -0.05) is 6.92 Å². The first-order chi connectivity index (χ1) is 7.81. The van der Waals surface area contributed by atoms with Crippen LogP contribution < -0.4 is 0 Å². The lowest BCUT2D eigenvalue weighted by Gasteiger charge is -2.20. The minimum Gasteiger partial charge on any atom is -0.494 e. The third kappa shape index (κ3) is 3.81. The van der Waals surface area contributed by atoms with Crippen molar-refractivity contribution < 1.29 is 14.3 Å². The molecule has 0 radical (unpaired) electrons. The normalized spacial score (nSPS) is 20.0. The second-order valence-corrected chi connectivity index (χ2v) is 3.78. The smallest absolute Gasteiger partial charge is 0.120 e. The van der Waals surface area contributed by atoms with Gasteiger partial charge in [-0.3, -0.25) is 0 Å². The average Bonchev–Trinajstić information content (AvgIpc) is 2.34. The Kier molecular flexibility index (Phi) is 5.86. The molecule has 3 nitrogen and oxygen atoms in total. The molecule has 0 N–H and O–H groups in total. The maximum absolute atomic E-state index is 10.2. The summed E-state index contributed by atoms with van der Waals surface area (Å²) in [6.45, 7) is 2.71. The van der Waals surface area contributed by atoms with Gasteiger partial charge in [0.1, 0.15) is 12.0 Å². The summed E-state index contributed by atoms with van der Waals surface area (Å²) in [4.78, 5) is 10.2. The Morgan fingerprint density at radius 2 is 2.38 bits per heavy atom. The summed E-state index contributed by atoms with van der Waals surface area (Å²) in [5, 5.41) is 0. The Labute approximate surface area is 97.1 Å². The number of carbonyl (C=O) groups is 1. The first-order valence-electron chi connectivity index (χ1n) is 5.82. The molecule has 0 saturated heterocycles. The summed E-state index contributed by atoms with van der Waals surface area (Å²) in [5.74, 6) is 0.960. The summed E-state index contributed by atoms with van der Waals surface area (Å²) < 4.78 is 11.0. The van der Waals surface area contributed by atoms with E-state index in [0.717, 1.165) is 31.3 Å². The highest BCUT2D eigenvalue weighted by Crippen LogP contribution is 2.24. The maximum atomic E-state index is 10.2. The Hall–Kier alpha value is -1.09. The fourth-order valence-electron chi connectivity index (χ4n) is 1.69. The van der Waals surface area contributed by atoms with Gasteiger partial charge < -0.3 is 14.3 Å². The lowest BCUT2D eigenvalue weighted by molar-refractivity contribution is -0.108. The van der Waals surface area contributed by atoms with Gasteiger partial charge in [0, 0.05) is 13.5 Å². The van der Waals surface area contributed by atoms with Crippen LogP contribution in [0.15, 0.2) is 23.5 Å². The summed E-state index contributed by atoms with van der Waals surface area (Å²) in [5.41, 5.74) is 1.20. The van der Waals surface area contributed by atoms with Crippen LogP contribution in [-0.4, -0.2) is 26.1 Å². The lowest BCUT2D eigenvalue weighted by Crippen LogP contribution is -2.13. The lowest BCUT2D eigenvalue weighted by atomic mass is 10.0. The van der Waals surface area contributed by atoms with E-state index < -0.39 is 0 Å². The van der Waals surface area contributed by atoms with Crippen LogP contribution in [0.3, 0.4) is 0 Å². The van der Waals surface area contributed by atoms with E-state index in [0.29, 0.717) is 13.0 Å². The molecule has 16 heavy (non-hydrogen) atoms. The summed E-state index contributed by atoms with van der Waals surface area (Å²) >= 11 is 0. The van der Waals surface area contributed by atoms with Crippen LogP contribution in [0, 0.1) is 0 Å². The Morgan fingerprint density at radius 1 is 1.56 bits per heavy atom. The van der Waals surface area contributed by atoms with Crippen molar-refractivity contribution in [2.24, 2.45) is 0 Å². The second-order valence-electron chi connectivity index (χ2n) is 3.78. The van der Waals surface area contributed by atoms with Gasteiger partial charge >= 0.3 is 0 Å². The van der Waals surface area contributed by atoms with E-state index in [1.807, 2.05) is 0 Å². The molecule has 90 valence electrons. The van der Waals surface area contributed by atoms with Crippen molar-refractivity contribution in [3.05, 3.63) is 23.5 Å². The average molecular weight is 224 g/mol. The van der Waals surface area contributed by atoms with Gasteiger partial charge in [-0.15, -0.1) is 0 Å². The number of hydrogen-bond donors (Lipinski definition) is 0. The van der Waals surface area contributed by atoms with Crippen LogP contribution in [0.5, 0.6) is 0 Å². The second kappa shape index (κ2) is 7.23. The third-order valence-corrected chi connectivity index (χ3v) is 2.65. The Balaban J connectivity index is 2.44. The van der Waals surface area contributed by atoms with Crippen LogP contribution in [0.1, 0.15) is 32.6 Å². The molecular weight excluding hydrogens is 204 g/mol. The number of methoxy groups -OCH3 is 1. The molecule has 1 unspecified atom stereocenters. The monoisotopic (exact) mass is 224 g/mol. The molecule has 0 aliphatic heterocycles. The first kappa shape index (κ1) is 13.0. The highest BCUT2D eigenvalue weighted by molar-refractivity contribution is 5.49. The van der Waals surface area contributed by atoms with Gasteiger partial charge in [-0.2, -0.15) is 0 Å². The quantitative estimate of drug-likeness (QED) is 0.492. The van der Waals surface area contributed by atoms with E-state index in [2.05, 4.69) is 19.1 Å². The van der Waals surface area contributed by atoms with E-state index in [1.165, 1.54) is 5.57 Å². The molecule has 0 fully saturated rings. The molecule has 1 rings (SSSR count). The molecule has 0 aromatic rings. The molecule has 1 aliphatic rings. The largest absolute Gasteiger partial charge is 0.494 e. The summed E-state index contributed by atoms with van der Waals surface area (Å²) in [6.07, 6.45) is 8.46. The summed E-state index contributed by atoms with van der Waals surface area (Å²) in [7, 11) is 1.72. The highest BCUT2D eigenvalue weighted by atomic mass is 16.5. The van der Waals surface area contributed by atoms with Crippen molar-refractivity contribution in [2.45, 2.75) is 38.7 Å². The molecule has 0 aromatic heterocycles. The number of ether oxygens (including phenoxy) is 2. The van der Waals surface area contributed by atoms with E-state index in [-0.39, 0.29) is 6.10 Å². The van der Waals surface area contributed by atoms with Crippen molar-refractivity contribution >= 4 is 6.29 Å². The van der Waals surface area contributed by atoms with Crippen LogP contribution in [-0.2, 0) is 14.3 Å². The number of allylic oxidation sites excluding steroid dienone is 1. The van der Waals surface area contributed by atoms with Crippen molar-refractivity contribution in [1.29, 1.82) is 0 Å². The number of rotatable bonds is 7.